The molecule has 2 rings (SSSR count). The van der Waals surface area contributed by atoms with Crippen LogP contribution in [0.15, 0.2) is 24.3 Å². The Morgan fingerprint density at radius 3 is 2.68 bits per heavy atom. The van der Waals surface area contributed by atoms with E-state index in [1.165, 1.54) is 0 Å². The van der Waals surface area contributed by atoms with Crippen molar-refractivity contribution in [3.05, 3.63) is 24.3 Å². The molecular weight excluding hydrogens is 286 g/mol. The van der Waals surface area contributed by atoms with Crippen molar-refractivity contribution in [1.82, 2.24) is 0 Å². The summed E-state index contributed by atoms with van der Waals surface area (Å²) in [5, 5.41) is 0. The Hall–Kier alpha value is -1.79. The molecule has 1 heterocycles. The lowest BCUT2D eigenvalue weighted by molar-refractivity contribution is 0.0718. The molecule has 0 unspecified atom stereocenters. The molecule has 6 nitrogen and oxygen atoms in total. The molecule has 1 amide bonds. The Labute approximate surface area is 130 Å². The molecule has 122 valence electrons. The van der Waals surface area contributed by atoms with Crippen LogP contribution in [-0.4, -0.2) is 52.3 Å². The van der Waals surface area contributed by atoms with Crippen LogP contribution >= 0.6 is 0 Å². The molecule has 22 heavy (non-hydrogen) atoms. The van der Waals surface area contributed by atoms with Gasteiger partial charge in [-0.15, -0.1) is 0 Å². The quantitative estimate of drug-likeness (QED) is 0.738. The molecule has 6 heteroatoms. The topological polar surface area (TPSA) is 57.2 Å². The number of hydrogen-bond donors (Lipinski definition) is 0. The Morgan fingerprint density at radius 1 is 1.32 bits per heavy atom. The summed E-state index contributed by atoms with van der Waals surface area (Å²) >= 11 is 0. The number of ether oxygens (including phenoxy) is 4. The predicted molar refractivity (Wildman–Crippen MR) is 82.5 cm³/mol. The number of cyclic esters (lactones) is 1. The number of benzene rings is 1. The number of amides is 1. The van der Waals surface area contributed by atoms with Gasteiger partial charge in [-0.1, -0.05) is 0 Å². The van der Waals surface area contributed by atoms with Crippen LogP contribution in [0.4, 0.5) is 10.5 Å². The van der Waals surface area contributed by atoms with Gasteiger partial charge in [-0.25, -0.2) is 4.79 Å². The Bertz CT molecular complexity index is 476. The highest BCUT2D eigenvalue weighted by Gasteiger charge is 2.32. The number of carbonyl (C=O) groups is 1. The SMILES string of the molecule is COC[C@H]1CN(c2ccc(OCC[C@@H](C)OC)cc2)C(=O)O1. The molecule has 0 saturated carbocycles. The second kappa shape index (κ2) is 8.00. The molecule has 0 spiro atoms. The maximum atomic E-state index is 11.8. The van der Waals surface area contributed by atoms with Gasteiger partial charge in [-0.3, -0.25) is 4.90 Å². The van der Waals surface area contributed by atoms with Crippen LogP contribution in [0.2, 0.25) is 0 Å². The van der Waals surface area contributed by atoms with Crippen molar-refractivity contribution >= 4 is 11.8 Å². The van der Waals surface area contributed by atoms with Crippen molar-refractivity contribution in [3.63, 3.8) is 0 Å². The van der Waals surface area contributed by atoms with E-state index in [2.05, 4.69) is 0 Å². The van der Waals surface area contributed by atoms with Gasteiger partial charge in [0.1, 0.15) is 11.9 Å². The van der Waals surface area contributed by atoms with E-state index in [0.717, 1.165) is 17.9 Å². The van der Waals surface area contributed by atoms with E-state index >= 15 is 0 Å². The van der Waals surface area contributed by atoms with Crippen LogP contribution < -0.4 is 9.64 Å². The van der Waals surface area contributed by atoms with Crippen LogP contribution in [-0.2, 0) is 14.2 Å². The molecule has 0 N–H and O–H groups in total. The average Bonchev–Trinajstić information content (AvgIpc) is 2.89. The maximum Gasteiger partial charge on any atom is 0.414 e. The molecule has 1 aliphatic rings. The van der Waals surface area contributed by atoms with Gasteiger partial charge in [-0.05, 0) is 31.2 Å². The standard InChI is InChI=1S/C16H23NO5/c1-12(20-3)8-9-21-14-6-4-13(5-7-14)17-10-15(11-19-2)22-16(17)18/h4-7,12,15H,8-11H2,1-3H3/t12-,15-/m1/s1. The number of rotatable bonds is 8. The lowest BCUT2D eigenvalue weighted by Crippen LogP contribution is -2.25. The Balaban J connectivity index is 1.87. The van der Waals surface area contributed by atoms with Gasteiger partial charge in [0.2, 0.25) is 0 Å². The van der Waals surface area contributed by atoms with Gasteiger partial charge >= 0.3 is 6.09 Å². The van der Waals surface area contributed by atoms with Gasteiger partial charge < -0.3 is 18.9 Å². The zero-order chi connectivity index (χ0) is 15.9. The minimum atomic E-state index is -0.343. The fourth-order valence-electron chi connectivity index (χ4n) is 2.19. The van der Waals surface area contributed by atoms with Crippen molar-refractivity contribution in [2.45, 2.75) is 25.6 Å². The van der Waals surface area contributed by atoms with Crippen molar-refractivity contribution in [3.8, 4) is 5.75 Å². The number of anilines is 1. The lowest BCUT2D eigenvalue weighted by Gasteiger charge is -2.14. The average molecular weight is 309 g/mol. The fraction of sp³-hybridized carbons (Fsp3) is 0.562. The van der Waals surface area contributed by atoms with E-state index in [4.69, 9.17) is 18.9 Å². The van der Waals surface area contributed by atoms with E-state index in [1.807, 2.05) is 31.2 Å². The zero-order valence-corrected chi connectivity index (χ0v) is 13.3. The summed E-state index contributed by atoms with van der Waals surface area (Å²) in [6.45, 7) is 3.50. The molecule has 1 fully saturated rings. The number of carbonyl (C=O) groups excluding carboxylic acids is 1. The molecule has 1 aromatic carbocycles. The second-order valence-electron chi connectivity index (χ2n) is 5.25. The Kier molecular flexibility index (Phi) is 6.03. The second-order valence-corrected chi connectivity index (χ2v) is 5.25. The summed E-state index contributed by atoms with van der Waals surface area (Å²) in [5.74, 6) is 0.771. The number of hydrogen-bond acceptors (Lipinski definition) is 5. The molecule has 1 aliphatic heterocycles. The molecule has 0 bridgehead atoms. The van der Waals surface area contributed by atoms with Crippen molar-refractivity contribution in [2.75, 3.05) is 38.9 Å². The third-order valence-corrected chi connectivity index (χ3v) is 3.57. The van der Waals surface area contributed by atoms with Gasteiger partial charge in [0.15, 0.2) is 0 Å². The minimum Gasteiger partial charge on any atom is -0.493 e. The molecule has 1 saturated heterocycles. The highest BCUT2D eigenvalue weighted by molar-refractivity contribution is 5.89. The number of nitrogens with zero attached hydrogens (tertiary/aromatic N) is 1. The van der Waals surface area contributed by atoms with Gasteiger partial charge in [0.05, 0.1) is 25.9 Å². The maximum absolute atomic E-state index is 11.8. The van der Waals surface area contributed by atoms with E-state index in [-0.39, 0.29) is 18.3 Å². The van der Waals surface area contributed by atoms with Crippen LogP contribution in [0.25, 0.3) is 0 Å². The summed E-state index contributed by atoms with van der Waals surface area (Å²) in [6, 6.07) is 7.41. The molecular formula is C16H23NO5. The normalized spacial score (nSPS) is 19.1. The van der Waals surface area contributed by atoms with Crippen molar-refractivity contribution in [1.29, 1.82) is 0 Å². The van der Waals surface area contributed by atoms with Gasteiger partial charge in [0.25, 0.3) is 0 Å². The summed E-state index contributed by atoms with van der Waals surface area (Å²) in [4.78, 5) is 13.4. The van der Waals surface area contributed by atoms with E-state index in [0.29, 0.717) is 19.8 Å². The third-order valence-electron chi connectivity index (χ3n) is 3.57. The van der Waals surface area contributed by atoms with Crippen LogP contribution in [0.5, 0.6) is 5.75 Å². The largest absolute Gasteiger partial charge is 0.493 e. The minimum absolute atomic E-state index is 0.177. The van der Waals surface area contributed by atoms with Crippen molar-refractivity contribution < 1.29 is 23.7 Å². The van der Waals surface area contributed by atoms with Crippen LogP contribution in [0.3, 0.4) is 0 Å². The molecule has 2 atom stereocenters. The smallest absolute Gasteiger partial charge is 0.414 e. The first-order valence-electron chi connectivity index (χ1n) is 7.36. The molecule has 0 aromatic heterocycles. The highest BCUT2D eigenvalue weighted by atomic mass is 16.6. The summed E-state index contributed by atoms with van der Waals surface area (Å²) < 4.78 is 21.1. The third kappa shape index (κ3) is 4.35. The van der Waals surface area contributed by atoms with E-state index in [9.17, 15) is 4.79 Å². The van der Waals surface area contributed by atoms with Crippen LogP contribution in [0.1, 0.15) is 13.3 Å². The fourth-order valence-corrected chi connectivity index (χ4v) is 2.19. The van der Waals surface area contributed by atoms with Crippen molar-refractivity contribution in [2.24, 2.45) is 0 Å². The zero-order valence-electron chi connectivity index (χ0n) is 13.3. The lowest BCUT2D eigenvalue weighted by atomic mass is 10.2. The molecule has 0 radical (unpaired) electrons. The first kappa shape index (κ1) is 16.6. The summed E-state index contributed by atoms with van der Waals surface area (Å²) in [7, 11) is 3.28. The predicted octanol–water partition coefficient (Wildman–Crippen LogP) is 2.46. The van der Waals surface area contributed by atoms with Crippen LogP contribution in [0, 0.1) is 0 Å². The monoisotopic (exact) mass is 309 g/mol. The Morgan fingerprint density at radius 2 is 2.05 bits per heavy atom. The molecule has 1 aromatic rings. The van der Waals surface area contributed by atoms with E-state index in [1.54, 1.807) is 19.1 Å². The molecule has 0 aliphatic carbocycles. The summed E-state index contributed by atoms with van der Waals surface area (Å²) in [5.41, 5.74) is 0.793. The first-order chi connectivity index (χ1) is 10.6. The van der Waals surface area contributed by atoms with Gasteiger partial charge in [0, 0.05) is 26.3 Å². The highest BCUT2D eigenvalue weighted by Crippen LogP contribution is 2.24. The summed E-state index contributed by atoms with van der Waals surface area (Å²) in [6.07, 6.45) is 0.444. The first-order valence-corrected chi connectivity index (χ1v) is 7.36. The van der Waals surface area contributed by atoms with E-state index < -0.39 is 0 Å². The van der Waals surface area contributed by atoms with Gasteiger partial charge in [-0.2, -0.15) is 0 Å². The number of methoxy groups -OCH3 is 2.